The van der Waals surface area contributed by atoms with Crippen molar-refractivity contribution in [3.8, 4) is 0 Å². The quantitative estimate of drug-likeness (QED) is 0.852. The van der Waals surface area contributed by atoms with Gasteiger partial charge in [-0.3, -0.25) is 4.79 Å². The molecule has 0 spiro atoms. The number of carbonyl (C=O) groups is 1. The van der Waals surface area contributed by atoms with Gasteiger partial charge in [0.25, 0.3) is 0 Å². The minimum atomic E-state index is -0.185. The van der Waals surface area contributed by atoms with E-state index in [-0.39, 0.29) is 11.9 Å². The minimum absolute atomic E-state index is 0.0645. The normalized spacial score (nSPS) is 21.2. The van der Waals surface area contributed by atoms with Crippen LogP contribution in [0.3, 0.4) is 0 Å². The van der Waals surface area contributed by atoms with Gasteiger partial charge >= 0.3 is 0 Å². The number of hydrogen-bond acceptors (Lipinski definition) is 3. The van der Waals surface area contributed by atoms with Crippen LogP contribution in [0.25, 0.3) is 0 Å². The van der Waals surface area contributed by atoms with Gasteiger partial charge in [-0.25, -0.2) is 0 Å². The first-order valence-corrected chi connectivity index (χ1v) is 7.11. The zero-order valence-electron chi connectivity index (χ0n) is 11.6. The minimum Gasteiger partial charge on any atom is -0.372 e. The van der Waals surface area contributed by atoms with Crippen molar-refractivity contribution in [1.29, 1.82) is 0 Å². The third kappa shape index (κ3) is 2.32. The Bertz CT molecular complexity index is 496. The first-order chi connectivity index (χ1) is 9.20. The van der Waals surface area contributed by atoms with Gasteiger partial charge in [0, 0.05) is 30.0 Å². The molecule has 0 saturated heterocycles. The lowest BCUT2D eigenvalue weighted by Crippen LogP contribution is -2.27. The summed E-state index contributed by atoms with van der Waals surface area (Å²) in [5.74, 6) is 0.0645. The molecule has 1 aliphatic heterocycles. The topological polar surface area (TPSA) is 44.4 Å². The van der Waals surface area contributed by atoms with Crippen LogP contribution < -0.4 is 15.5 Å². The zero-order chi connectivity index (χ0) is 13.4. The number of benzene rings is 1. The standard InChI is InChI=1S/C15H21N3O/c1-3-8-16-14-12-7-6-11(18(2)10-4-5-10)9-13(12)17-15(14)19/h6-7,9-10,14,16H,3-5,8H2,1-2H3,(H,17,19). The molecule has 1 aliphatic carbocycles. The van der Waals surface area contributed by atoms with Gasteiger partial charge in [-0.05, 0) is 37.9 Å². The van der Waals surface area contributed by atoms with Gasteiger partial charge < -0.3 is 15.5 Å². The number of fused-ring (bicyclic) bond motifs is 1. The van der Waals surface area contributed by atoms with Gasteiger partial charge in [0.1, 0.15) is 6.04 Å². The summed E-state index contributed by atoms with van der Waals surface area (Å²) in [4.78, 5) is 14.3. The highest BCUT2D eigenvalue weighted by atomic mass is 16.2. The molecular formula is C15H21N3O. The van der Waals surface area contributed by atoms with Crippen LogP contribution in [0, 0.1) is 0 Å². The first kappa shape index (κ1) is 12.5. The van der Waals surface area contributed by atoms with Crippen molar-refractivity contribution in [2.24, 2.45) is 0 Å². The van der Waals surface area contributed by atoms with Crippen molar-refractivity contribution >= 4 is 17.3 Å². The van der Waals surface area contributed by atoms with Crippen molar-refractivity contribution in [3.05, 3.63) is 23.8 Å². The molecule has 19 heavy (non-hydrogen) atoms. The van der Waals surface area contributed by atoms with Gasteiger partial charge in [-0.15, -0.1) is 0 Å². The molecule has 1 fully saturated rings. The van der Waals surface area contributed by atoms with E-state index in [2.05, 4.69) is 47.7 Å². The SMILES string of the molecule is CCCNC1C(=O)Nc2cc(N(C)C3CC3)ccc21. The zero-order valence-corrected chi connectivity index (χ0v) is 11.6. The number of amides is 1. The Balaban J connectivity index is 1.82. The summed E-state index contributed by atoms with van der Waals surface area (Å²) < 4.78 is 0. The molecule has 102 valence electrons. The number of nitrogens with zero attached hydrogens (tertiary/aromatic N) is 1. The molecule has 1 amide bonds. The van der Waals surface area contributed by atoms with E-state index in [1.807, 2.05) is 0 Å². The van der Waals surface area contributed by atoms with Crippen LogP contribution in [0.1, 0.15) is 37.8 Å². The average Bonchev–Trinajstić information content (AvgIpc) is 3.19. The highest BCUT2D eigenvalue weighted by Gasteiger charge is 2.31. The smallest absolute Gasteiger partial charge is 0.246 e. The molecule has 2 N–H and O–H groups in total. The molecular weight excluding hydrogens is 238 g/mol. The van der Waals surface area contributed by atoms with Crippen molar-refractivity contribution in [2.75, 3.05) is 23.8 Å². The predicted molar refractivity (Wildman–Crippen MR) is 77.5 cm³/mol. The van der Waals surface area contributed by atoms with Gasteiger partial charge in [0.2, 0.25) is 5.91 Å². The molecule has 1 heterocycles. The van der Waals surface area contributed by atoms with Crippen LogP contribution in [-0.4, -0.2) is 25.5 Å². The van der Waals surface area contributed by atoms with E-state index in [0.29, 0.717) is 6.04 Å². The van der Waals surface area contributed by atoms with Crippen LogP contribution in [0.2, 0.25) is 0 Å². The molecule has 1 atom stereocenters. The van der Waals surface area contributed by atoms with Crippen molar-refractivity contribution in [3.63, 3.8) is 0 Å². The molecule has 4 heteroatoms. The molecule has 1 saturated carbocycles. The summed E-state index contributed by atoms with van der Waals surface area (Å²) >= 11 is 0. The van der Waals surface area contributed by atoms with E-state index in [1.165, 1.54) is 18.5 Å². The van der Waals surface area contributed by atoms with E-state index >= 15 is 0 Å². The van der Waals surface area contributed by atoms with E-state index in [4.69, 9.17) is 0 Å². The van der Waals surface area contributed by atoms with Crippen molar-refractivity contribution in [2.45, 2.75) is 38.3 Å². The van der Waals surface area contributed by atoms with E-state index in [0.717, 1.165) is 24.2 Å². The molecule has 0 bridgehead atoms. The van der Waals surface area contributed by atoms with Gasteiger partial charge in [-0.2, -0.15) is 0 Å². The van der Waals surface area contributed by atoms with E-state index < -0.39 is 0 Å². The maximum atomic E-state index is 12.0. The molecule has 0 radical (unpaired) electrons. The number of hydrogen-bond donors (Lipinski definition) is 2. The Morgan fingerprint density at radius 2 is 2.21 bits per heavy atom. The summed E-state index contributed by atoms with van der Waals surface area (Å²) in [5.41, 5.74) is 3.23. The number of nitrogens with one attached hydrogen (secondary N) is 2. The Kier molecular flexibility index (Phi) is 3.19. The van der Waals surface area contributed by atoms with Crippen LogP contribution in [0.4, 0.5) is 11.4 Å². The summed E-state index contributed by atoms with van der Waals surface area (Å²) in [5, 5.41) is 6.28. The maximum Gasteiger partial charge on any atom is 0.246 e. The third-order valence-electron chi connectivity index (χ3n) is 3.97. The monoisotopic (exact) mass is 259 g/mol. The van der Waals surface area contributed by atoms with Gasteiger partial charge in [0.15, 0.2) is 0 Å². The molecule has 1 unspecified atom stereocenters. The summed E-state index contributed by atoms with van der Waals surface area (Å²) in [7, 11) is 2.13. The second-order valence-corrected chi connectivity index (χ2v) is 5.49. The number of carbonyl (C=O) groups excluding carboxylic acids is 1. The lowest BCUT2D eigenvalue weighted by Gasteiger charge is -2.19. The van der Waals surface area contributed by atoms with E-state index in [1.54, 1.807) is 0 Å². The summed E-state index contributed by atoms with van der Waals surface area (Å²) in [6.07, 6.45) is 3.59. The molecule has 3 rings (SSSR count). The average molecular weight is 259 g/mol. The number of rotatable bonds is 5. The summed E-state index contributed by atoms with van der Waals surface area (Å²) in [6.45, 7) is 2.97. The van der Waals surface area contributed by atoms with Crippen molar-refractivity contribution < 1.29 is 4.79 Å². The Morgan fingerprint density at radius 3 is 2.89 bits per heavy atom. The Labute approximate surface area is 114 Å². The first-order valence-electron chi connectivity index (χ1n) is 7.11. The number of anilines is 2. The fourth-order valence-corrected chi connectivity index (χ4v) is 2.63. The Morgan fingerprint density at radius 1 is 1.42 bits per heavy atom. The largest absolute Gasteiger partial charge is 0.372 e. The van der Waals surface area contributed by atoms with Crippen LogP contribution >= 0.6 is 0 Å². The molecule has 0 aromatic heterocycles. The van der Waals surface area contributed by atoms with Gasteiger partial charge in [-0.1, -0.05) is 13.0 Å². The highest BCUT2D eigenvalue weighted by Crippen LogP contribution is 2.36. The Hall–Kier alpha value is -1.55. The molecule has 4 nitrogen and oxygen atoms in total. The predicted octanol–water partition coefficient (Wildman–Crippen LogP) is 2.28. The maximum absolute atomic E-state index is 12.0. The highest BCUT2D eigenvalue weighted by molar-refractivity contribution is 6.03. The van der Waals surface area contributed by atoms with Crippen molar-refractivity contribution in [1.82, 2.24) is 5.32 Å². The molecule has 1 aromatic rings. The van der Waals surface area contributed by atoms with E-state index in [9.17, 15) is 4.79 Å². The molecule has 2 aliphatic rings. The van der Waals surface area contributed by atoms with Gasteiger partial charge in [0.05, 0.1) is 0 Å². The lowest BCUT2D eigenvalue weighted by atomic mass is 10.1. The van der Waals surface area contributed by atoms with Crippen LogP contribution in [0.15, 0.2) is 18.2 Å². The second-order valence-electron chi connectivity index (χ2n) is 5.49. The molecule has 1 aromatic carbocycles. The third-order valence-corrected chi connectivity index (χ3v) is 3.97. The van der Waals surface area contributed by atoms with Crippen LogP contribution in [-0.2, 0) is 4.79 Å². The van der Waals surface area contributed by atoms with Crippen LogP contribution in [0.5, 0.6) is 0 Å². The fraction of sp³-hybridized carbons (Fsp3) is 0.533. The fourth-order valence-electron chi connectivity index (χ4n) is 2.63. The second kappa shape index (κ2) is 4.85. The summed E-state index contributed by atoms with van der Waals surface area (Å²) in [6, 6.07) is 6.80. The lowest BCUT2D eigenvalue weighted by molar-refractivity contribution is -0.117.